The van der Waals surface area contributed by atoms with E-state index < -0.39 is 0 Å². The van der Waals surface area contributed by atoms with Crippen molar-refractivity contribution in [3.05, 3.63) is 11.3 Å². The molecule has 2 N–H and O–H groups in total. The summed E-state index contributed by atoms with van der Waals surface area (Å²) in [5, 5.41) is 11.2. The van der Waals surface area contributed by atoms with Gasteiger partial charge in [0.1, 0.15) is 0 Å². The molecule has 1 aromatic heterocycles. The zero-order valence-corrected chi connectivity index (χ0v) is 10.8. The minimum atomic E-state index is 0.430. The van der Waals surface area contributed by atoms with E-state index in [0.29, 0.717) is 5.41 Å². The zero-order chi connectivity index (χ0) is 11.9. The van der Waals surface area contributed by atoms with Crippen LogP contribution < -0.4 is 10.2 Å². The number of H-pyrrole nitrogens is 1. The van der Waals surface area contributed by atoms with Crippen LogP contribution in [0.4, 0.5) is 5.82 Å². The summed E-state index contributed by atoms with van der Waals surface area (Å²) in [7, 11) is 0. The molecule has 1 aliphatic carbocycles. The molecule has 1 aromatic rings. The molecule has 0 atom stereocenters. The van der Waals surface area contributed by atoms with Gasteiger partial charge in [0.25, 0.3) is 0 Å². The van der Waals surface area contributed by atoms with Crippen LogP contribution in [0, 0.1) is 5.41 Å². The lowest BCUT2D eigenvalue weighted by Gasteiger charge is -2.33. The minimum Gasteiger partial charge on any atom is -0.352 e. The normalized spacial score (nSPS) is 23.5. The van der Waals surface area contributed by atoms with Gasteiger partial charge in [-0.25, -0.2) is 0 Å². The van der Waals surface area contributed by atoms with E-state index in [2.05, 4.69) is 34.3 Å². The molecule has 0 spiro atoms. The number of hydrogen-bond donors (Lipinski definition) is 2. The van der Waals surface area contributed by atoms with Gasteiger partial charge < -0.3 is 10.2 Å². The van der Waals surface area contributed by atoms with Crippen LogP contribution >= 0.6 is 0 Å². The fraction of sp³-hybridized carbons (Fsp3) is 0.769. The third-order valence-electron chi connectivity index (χ3n) is 4.05. The molecule has 1 aliphatic heterocycles. The summed E-state index contributed by atoms with van der Waals surface area (Å²) < 4.78 is 0. The fourth-order valence-electron chi connectivity index (χ4n) is 2.95. The summed E-state index contributed by atoms with van der Waals surface area (Å²) >= 11 is 0. The van der Waals surface area contributed by atoms with Crippen LogP contribution in [0.25, 0.3) is 0 Å². The summed E-state index contributed by atoms with van der Waals surface area (Å²) in [5.74, 6) is 1.22. The maximum atomic E-state index is 4.56. The number of hydrogen-bond acceptors (Lipinski definition) is 3. The first kappa shape index (κ1) is 11.1. The molecule has 1 saturated heterocycles. The highest BCUT2D eigenvalue weighted by molar-refractivity contribution is 5.51. The molecule has 4 heteroatoms. The molecule has 0 radical (unpaired) electrons. The van der Waals surface area contributed by atoms with Crippen LogP contribution in [-0.4, -0.2) is 36.4 Å². The number of aromatic amines is 1. The first-order valence-electron chi connectivity index (χ1n) is 6.67. The summed E-state index contributed by atoms with van der Waals surface area (Å²) in [4.78, 5) is 2.42. The number of anilines is 1. The molecule has 0 bridgehead atoms. The van der Waals surface area contributed by atoms with Crippen LogP contribution in [0.2, 0.25) is 0 Å². The molecule has 0 saturated carbocycles. The first-order chi connectivity index (χ1) is 8.16. The van der Waals surface area contributed by atoms with Crippen molar-refractivity contribution in [1.29, 1.82) is 0 Å². The number of aryl methyl sites for hydroxylation is 1. The van der Waals surface area contributed by atoms with Gasteiger partial charge in [-0.05, 0) is 24.7 Å². The smallest absolute Gasteiger partial charge is 0.153 e. The van der Waals surface area contributed by atoms with E-state index in [1.807, 2.05) is 0 Å². The Morgan fingerprint density at radius 3 is 2.76 bits per heavy atom. The largest absolute Gasteiger partial charge is 0.352 e. The van der Waals surface area contributed by atoms with Crippen molar-refractivity contribution in [3.63, 3.8) is 0 Å². The van der Waals surface area contributed by atoms with Crippen LogP contribution in [0.5, 0.6) is 0 Å². The summed E-state index contributed by atoms with van der Waals surface area (Å²) in [5.41, 5.74) is 3.28. The number of rotatable bonds is 1. The molecule has 0 aromatic carbocycles. The van der Waals surface area contributed by atoms with Gasteiger partial charge in [0.2, 0.25) is 0 Å². The second-order valence-electron chi connectivity index (χ2n) is 6.08. The number of nitrogens with zero attached hydrogens (tertiary/aromatic N) is 2. The average Bonchev–Trinajstić information content (AvgIpc) is 2.71. The van der Waals surface area contributed by atoms with Crippen molar-refractivity contribution in [3.8, 4) is 0 Å². The Labute approximate surface area is 103 Å². The highest BCUT2D eigenvalue weighted by Gasteiger charge is 2.30. The van der Waals surface area contributed by atoms with Crippen LogP contribution in [-0.2, 0) is 12.8 Å². The monoisotopic (exact) mass is 234 g/mol. The Morgan fingerprint density at radius 2 is 2.00 bits per heavy atom. The molecule has 0 amide bonds. The van der Waals surface area contributed by atoms with Gasteiger partial charge >= 0.3 is 0 Å². The van der Waals surface area contributed by atoms with Crippen LogP contribution in [0.15, 0.2) is 0 Å². The molecule has 2 heterocycles. The second kappa shape index (κ2) is 4.02. The van der Waals surface area contributed by atoms with Crippen molar-refractivity contribution < 1.29 is 0 Å². The molecule has 17 heavy (non-hydrogen) atoms. The SMILES string of the molecule is CC1(C)CCc2[nH]nc(N3CCNCC3)c2C1. The summed E-state index contributed by atoms with van der Waals surface area (Å²) in [6.07, 6.45) is 3.59. The Hall–Kier alpha value is -1.03. The fourth-order valence-corrected chi connectivity index (χ4v) is 2.95. The molecule has 3 rings (SSSR count). The van der Waals surface area contributed by atoms with Crippen molar-refractivity contribution in [2.45, 2.75) is 33.1 Å². The van der Waals surface area contributed by atoms with Gasteiger partial charge in [-0.2, -0.15) is 5.10 Å². The lowest BCUT2D eigenvalue weighted by Crippen LogP contribution is -2.44. The molecule has 94 valence electrons. The quantitative estimate of drug-likeness (QED) is 0.770. The van der Waals surface area contributed by atoms with E-state index in [1.165, 1.54) is 23.5 Å². The van der Waals surface area contributed by atoms with E-state index >= 15 is 0 Å². The van der Waals surface area contributed by atoms with Gasteiger partial charge in [-0.1, -0.05) is 13.8 Å². The Kier molecular flexibility index (Phi) is 2.62. The third kappa shape index (κ3) is 2.06. The van der Waals surface area contributed by atoms with E-state index in [4.69, 9.17) is 0 Å². The molecule has 4 nitrogen and oxygen atoms in total. The number of fused-ring (bicyclic) bond motifs is 1. The van der Waals surface area contributed by atoms with E-state index in [1.54, 1.807) is 0 Å². The van der Waals surface area contributed by atoms with Gasteiger partial charge in [-0.3, -0.25) is 5.10 Å². The van der Waals surface area contributed by atoms with E-state index in [-0.39, 0.29) is 0 Å². The lowest BCUT2D eigenvalue weighted by molar-refractivity contribution is 0.314. The average molecular weight is 234 g/mol. The number of nitrogens with one attached hydrogen (secondary N) is 2. The predicted octanol–water partition coefficient (Wildman–Crippen LogP) is 1.33. The van der Waals surface area contributed by atoms with Gasteiger partial charge in [0.15, 0.2) is 5.82 Å². The molecule has 1 fully saturated rings. The van der Waals surface area contributed by atoms with Crippen molar-refractivity contribution in [2.24, 2.45) is 5.41 Å². The van der Waals surface area contributed by atoms with Crippen molar-refractivity contribution >= 4 is 5.82 Å². The van der Waals surface area contributed by atoms with Gasteiger partial charge in [0, 0.05) is 37.4 Å². The maximum absolute atomic E-state index is 4.56. The first-order valence-corrected chi connectivity index (χ1v) is 6.67. The predicted molar refractivity (Wildman–Crippen MR) is 69.5 cm³/mol. The van der Waals surface area contributed by atoms with Crippen molar-refractivity contribution in [2.75, 3.05) is 31.1 Å². The molecule has 2 aliphatic rings. The van der Waals surface area contributed by atoms with Crippen LogP contribution in [0.1, 0.15) is 31.5 Å². The van der Waals surface area contributed by atoms with Gasteiger partial charge in [0.05, 0.1) is 0 Å². The standard InChI is InChI=1S/C13H22N4/c1-13(2)4-3-11-10(9-13)12(16-15-11)17-7-5-14-6-8-17/h14H,3-9H2,1-2H3,(H,15,16). The summed E-state index contributed by atoms with van der Waals surface area (Å²) in [6.45, 7) is 9.04. The molecular formula is C13H22N4. The second-order valence-corrected chi connectivity index (χ2v) is 6.08. The third-order valence-corrected chi connectivity index (χ3v) is 4.05. The van der Waals surface area contributed by atoms with Gasteiger partial charge in [-0.15, -0.1) is 0 Å². The highest BCUT2D eigenvalue weighted by atomic mass is 15.3. The molecule has 0 unspecified atom stereocenters. The lowest BCUT2D eigenvalue weighted by atomic mass is 9.76. The van der Waals surface area contributed by atoms with Crippen LogP contribution in [0.3, 0.4) is 0 Å². The minimum absolute atomic E-state index is 0.430. The maximum Gasteiger partial charge on any atom is 0.153 e. The number of piperazine rings is 1. The Morgan fingerprint density at radius 1 is 1.24 bits per heavy atom. The topological polar surface area (TPSA) is 44.0 Å². The van der Waals surface area contributed by atoms with Crippen molar-refractivity contribution in [1.82, 2.24) is 15.5 Å². The molecular weight excluding hydrogens is 212 g/mol. The highest BCUT2D eigenvalue weighted by Crippen LogP contribution is 2.37. The Bertz CT molecular complexity index is 402. The Balaban J connectivity index is 1.88. The number of aromatic nitrogens is 2. The zero-order valence-electron chi connectivity index (χ0n) is 10.8. The van der Waals surface area contributed by atoms with E-state index in [0.717, 1.165) is 39.0 Å². The van der Waals surface area contributed by atoms with E-state index in [9.17, 15) is 0 Å². The summed E-state index contributed by atoms with van der Waals surface area (Å²) in [6, 6.07) is 0.